The summed E-state index contributed by atoms with van der Waals surface area (Å²) in [7, 11) is 0. The third kappa shape index (κ3) is 5.38. The van der Waals surface area contributed by atoms with Crippen LogP contribution in [0.1, 0.15) is 31.9 Å². The van der Waals surface area contributed by atoms with Crippen LogP contribution in [0.4, 0.5) is 13.2 Å². The summed E-state index contributed by atoms with van der Waals surface area (Å²) in [5, 5.41) is 0. The maximum atomic E-state index is 12.9. The molecule has 118 valence electrons. The maximum Gasteiger partial charge on any atom is 0.416 e. The number of hydrogen-bond acceptors (Lipinski definition) is 3. The molecule has 0 bridgehead atoms. The summed E-state index contributed by atoms with van der Waals surface area (Å²) in [6.07, 6.45) is -4.55. The molecule has 1 atom stereocenters. The summed E-state index contributed by atoms with van der Waals surface area (Å²) >= 11 is 0. The van der Waals surface area contributed by atoms with Crippen molar-refractivity contribution in [3.8, 4) is 0 Å². The first-order chi connectivity index (χ1) is 9.54. The van der Waals surface area contributed by atoms with Crippen molar-refractivity contribution in [1.29, 1.82) is 0 Å². The van der Waals surface area contributed by atoms with E-state index in [1.165, 1.54) is 18.2 Å². The molecule has 2 N–H and O–H groups in total. The van der Waals surface area contributed by atoms with E-state index < -0.39 is 29.2 Å². The number of ether oxygens (including phenoxy) is 1. The lowest BCUT2D eigenvalue weighted by atomic mass is 9.95. The molecule has 0 saturated carbocycles. The predicted octanol–water partition coefficient (Wildman–Crippen LogP) is 3.16. The van der Waals surface area contributed by atoms with Crippen molar-refractivity contribution in [3.05, 3.63) is 35.4 Å². The molecule has 1 aromatic rings. The minimum atomic E-state index is -4.45. The number of alkyl halides is 3. The summed E-state index contributed by atoms with van der Waals surface area (Å²) < 4.78 is 44.0. The van der Waals surface area contributed by atoms with Crippen molar-refractivity contribution >= 4 is 5.97 Å². The summed E-state index contributed by atoms with van der Waals surface area (Å²) in [5.41, 5.74) is 4.12. The Hall–Kier alpha value is -1.56. The summed E-state index contributed by atoms with van der Waals surface area (Å²) in [6.45, 7) is 5.02. The highest BCUT2D eigenvalue weighted by Gasteiger charge is 2.34. The van der Waals surface area contributed by atoms with Crippen molar-refractivity contribution in [1.82, 2.24) is 0 Å². The van der Waals surface area contributed by atoms with E-state index in [1.54, 1.807) is 20.8 Å². The van der Waals surface area contributed by atoms with Gasteiger partial charge < -0.3 is 10.5 Å². The Balaban J connectivity index is 2.95. The van der Waals surface area contributed by atoms with Crippen LogP contribution in [0.25, 0.3) is 0 Å². The van der Waals surface area contributed by atoms with Gasteiger partial charge in [-0.1, -0.05) is 18.2 Å². The van der Waals surface area contributed by atoms with Gasteiger partial charge in [0.1, 0.15) is 5.60 Å². The number of halogens is 3. The van der Waals surface area contributed by atoms with Crippen molar-refractivity contribution in [2.45, 2.75) is 39.0 Å². The van der Waals surface area contributed by atoms with Gasteiger partial charge in [-0.3, -0.25) is 4.79 Å². The molecule has 1 rings (SSSR count). The van der Waals surface area contributed by atoms with Gasteiger partial charge in [0.15, 0.2) is 0 Å². The number of rotatable bonds is 4. The van der Waals surface area contributed by atoms with Crippen LogP contribution < -0.4 is 5.73 Å². The Morgan fingerprint density at radius 3 is 2.29 bits per heavy atom. The molecule has 1 unspecified atom stereocenters. The molecule has 0 spiro atoms. The zero-order valence-electron chi connectivity index (χ0n) is 12.3. The largest absolute Gasteiger partial charge is 0.460 e. The topological polar surface area (TPSA) is 52.3 Å². The second-order valence-electron chi connectivity index (χ2n) is 5.83. The lowest BCUT2D eigenvalue weighted by molar-refractivity contribution is -0.160. The molecule has 3 nitrogen and oxygen atoms in total. The zero-order chi connectivity index (χ0) is 16.3. The number of benzene rings is 1. The van der Waals surface area contributed by atoms with Crippen LogP contribution in [0, 0.1) is 5.92 Å². The number of hydrogen-bond donors (Lipinski definition) is 1. The van der Waals surface area contributed by atoms with E-state index in [9.17, 15) is 18.0 Å². The number of nitrogens with two attached hydrogens (primary N) is 1. The van der Waals surface area contributed by atoms with Gasteiger partial charge in [0.2, 0.25) is 0 Å². The van der Waals surface area contributed by atoms with Crippen LogP contribution in [0.5, 0.6) is 0 Å². The van der Waals surface area contributed by atoms with Crippen LogP contribution in [-0.2, 0) is 22.1 Å². The third-order valence-corrected chi connectivity index (χ3v) is 2.81. The van der Waals surface area contributed by atoms with Crippen LogP contribution in [0.2, 0.25) is 0 Å². The lowest BCUT2D eigenvalue weighted by Gasteiger charge is -2.24. The van der Waals surface area contributed by atoms with Gasteiger partial charge in [0.05, 0.1) is 11.5 Å². The van der Waals surface area contributed by atoms with E-state index in [0.29, 0.717) is 0 Å². The van der Waals surface area contributed by atoms with Crippen LogP contribution in [0.3, 0.4) is 0 Å². The monoisotopic (exact) mass is 303 g/mol. The highest BCUT2D eigenvalue weighted by atomic mass is 19.4. The normalized spacial score (nSPS) is 13.9. The fraction of sp³-hybridized carbons (Fsp3) is 0.533. The molecular formula is C15H20F3NO2. The number of esters is 1. The first kappa shape index (κ1) is 17.5. The molecule has 0 amide bonds. The molecule has 0 radical (unpaired) electrons. The first-order valence-electron chi connectivity index (χ1n) is 6.62. The summed E-state index contributed by atoms with van der Waals surface area (Å²) in [5.74, 6) is -1.38. The second-order valence-corrected chi connectivity index (χ2v) is 5.83. The number of carbonyl (C=O) groups is 1. The van der Waals surface area contributed by atoms with Gasteiger partial charge in [-0.25, -0.2) is 0 Å². The van der Waals surface area contributed by atoms with E-state index in [1.807, 2.05) is 0 Å². The van der Waals surface area contributed by atoms with Gasteiger partial charge in [-0.05, 0) is 38.8 Å². The Bertz CT molecular complexity index is 492. The molecule has 6 heteroatoms. The van der Waals surface area contributed by atoms with Crippen LogP contribution in [0.15, 0.2) is 24.3 Å². The van der Waals surface area contributed by atoms with E-state index >= 15 is 0 Å². The predicted molar refractivity (Wildman–Crippen MR) is 73.5 cm³/mol. The van der Waals surface area contributed by atoms with Gasteiger partial charge in [-0.2, -0.15) is 13.2 Å². The van der Waals surface area contributed by atoms with Gasteiger partial charge in [-0.15, -0.1) is 0 Å². The van der Waals surface area contributed by atoms with Crippen molar-refractivity contribution < 1.29 is 22.7 Å². The Morgan fingerprint density at radius 1 is 1.24 bits per heavy atom. The van der Waals surface area contributed by atoms with E-state index in [-0.39, 0.29) is 18.5 Å². The maximum absolute atomic E-state index is 12.9. The molecule has 0 fully saturated rings. The second kappa shape index (κ2) is 6.47. The quantitative estimate of drug-likeness (QED) is 0.869. The van der Waals surface area contributed by atoms with Gasteiger partial charge >= 0.3 is 12.1 Å². The van der Waals surface area contributed by atoms with Crippen molar-refractivity contribution in [2.75, 3.05) is 6.54 Å². The minimum absolute atomic E-state index is 0.0475. The zero-order valence-corrected chi connectivity index (χ0v) is 12.3. The molecule has 0 aromatic heterocycles. The highest BCUT2D eigenvalue weighted by molar-refractivity contribution is 5.73. The molecule has 0 aliphatic carbocycles. The van der Waals surface area contributed by atoms with Crippen molar-refractivity contribution in [3.63, 3.8) is 0 Å². The Kier molecular flexibility index (Phi) is 5.39. The van der Waals surface area contributed by atoms with Gasteiger partial charge in [0, 0.05) is 6.54 Å². The van der Waals surface area contributed by atoms with Crippen molar-refractivity contribution in [2.24, 2.45) is 11.7 Å². The standard InChI is InChI=1S/C15H20F3NO2/c1-14(2,3)21-13(20)11(9-19)8-10-6-4-5-7-12(10)15(16,17)18/h4-7,11H,8-9,19H2,1-3H3. The average Bonchev–Trinajstić information content (AvgIpc) is 2.33. The first-order valence-corrected chi connectivity index (χ1v) is 6.62. The molecular weight excluding hydrogens is 283 g/mol. The highest BCUT2D eigenvalue weighted by Crippen LogP contribution is 2.33. The van der Waals surface area contributed by atoms with Crippen LogP contribution in [-0.4, -0.2) is 18.1 Å². The van der Waals surface area contributed by atoms with Gasteiger partial charge in [0.25, 0.3) is 0 Å². The summed E-state index contributed by atoms with van der Waals surface area (Å²) in [6, 6.07) is 5.18. The molecule has 0 aliphatic rings. The lowest BCUT2D eigenvalue weighted by Crippen LogP contribution is -2.34. The Morgan fingerprint density at radius 2 is 1.81 bits per heavy atom. The fourth-order valence-corrected chi connectivity index (χ4v) is 1.89. The fourth-order valence-electron chi connectivity index (χ4n) is 1.89. The van der Waals surface area contributed by atoms with E-state index in [4.69, 9.17) is 10.5 Å². The minimum Gasteiger partial charge on any atom is -0.460 e. The molecule has 0 heterocycles. The number of carbonyl (C=O) groups excluding carboxylic acids is 1. The third-order valence-electron chi connectivity index (χ3n) is 2.81. The Labute approximate surface area is 122 Å². The molecule has 0 saturated heterocycles. The van der Waals surface area contributed by atoms with E-state index in [0.717, 1.165) is 6.07 Å². The SMILES string of the molecule is CC(C)(C)OC(=O)C(CN)Cc1ccccc1C(F)(F)F. The molecule has 21 heavy (non-hydrogen) atoms. The smallest absolute Gasteiger partial charge is 0.416 e. The molecule has 1 aromatic carbocycles. The average molecular weight is 303 g/mol. The van der Waals surface area contributed by atoms with Crippen LogP contribution >= 0.6 is 0 Å². The molecule has 0 aliphatic heterocycles. The summed E-state index contributed by atoms with van der Waals surface area (Å²) in [4.78, 5) is 12.0. The van der Waals surface area contributed by atoms with E-state index in [2.05, 4.69) is 0 Å².